The summed E-state index contributed by atoms with van der Waals surface area (Å²) >= 11 is 12.8. The predicted molar refractivity (Wildman–Crippen MR) is 87.9 cm³/mol. The second-order valence-electron chi connectivity index (χ2n) is 4.00. The van der Waals surface area contributed by atoms with E-state index in [1.165, 1.54) is 12.1 Å². The van der Waals surface area contributed by atoms with Crippen molar-refractivity contribution in [2.45, 2.75) is 10.1 Å². The second-order valence-corrected chi connectivity index (χ2v) is 9.58. The van der Waals surface area contributed by atoms with Gasteiger partial charge in [-0.05, 0) is 34.1 Å². The maximum atomic E-state index is 12.1. The van der Waals surface area contributed by atoms with Gasteiger partial charge in [0.2, 0.25) is 10.0 Å². The van der Waals surface area contributed by atoms with Crippen molar-refractivity contribution in [3.8, 4) is 0 Å². The number of thioether (sulfide) groups is 2. The maximum Gasteiger partial charge on any atom is 0.240 e. The molecule has 0 aromatic heterocycles. The third-order valence-electron chi connectivity index (χ3n) is 2.59. The highest BCUT2D eigenvalue weighted by molar-refractivity contribution is 9.10. The lowest BCUT2D eigenvalue weighted by Crippen LogP contribution is -2.33. The van der Waals surface area contributed by atoms with Crippen molar-refractivity contribution in [1.29, 1.82) is 0 Å². The molecule has 19 heavy (non-hydrogen) atoms. The minimum absolute atomic E-state index is 0.234. The zero-order valence-electron chi connectivity index (χ0n) is 9.93. The Bertz CT molecular complexity index is 547. The van der Waals surface area contributed by atoms with Gasteiger partial charge in [0, 0.05) is 33.5 Å². The molecule has 3 nitrogen and oxygen atoms in total. The van der Waals surface area contributed by atoms with Crippen LogP contribution in [0.1, 0.15) is 0 Å². The first-order valence-electron chi connectivity index (χ1n) is 5.63. The predicted octanol–water partition coefficient (Wildman–Crippen LogP) is 3.23. The molecule has 106 valence electrons. The Morgan fingerprint density at radius 2 is 2.21 bits per heavy atom. The summed E-state index contributed by atoms with van der Waals surface area (Å²) < 4.78 is 27.5. The molecule has 1 heterocycles. The van der Waals surface area contributed by atoms with E-state index in [1.54, 1.807) is 6.07 Å². The Balaban J connectivity index is 2.02. The summed E-state index contributed by atoms with van der Waals surface area (Å²) in [4.78, 5) is 0.234. The van der Waals surface area contributed by atoms with Crippen LogP contribution >= 0.6 is 51.1 Å². The van der Waals surface area contributed by atoms with Gasteiger partial charge in [0.05, 0.1) is 9.92 Å². The minimum atomic E-state index is -3.46. The topological polar surface area (TPSA) is 46.2 Å². The summed E-state index contributed by atoms with van der Waals surface area (Å²) in [6.07, 6.45) is 0. The molecule has 1 aromatic carbocycles. The normalized spacial score (nSPS) is 20.4. The van der Waals surface area contributed by atoms with Gasteiger partial charge in [-0.1, -0.05) is 11.6 Å². The molecule has 1 N–H and O–H groups in total. The summed E-state index contributed by atoms with van der Waals surface area (Å²) in [5.74, 6) is 3.24. The third kappa shape index (κ3) is 4.54. The van der Waals surface area contributed by atoms with Crippen LogP contribution in [0.2, 0.25) is 5.02 Å². The molecule has 1 fully saturated rings. The molecule has 1 aromatic rings. The van der Waals surface area contributed by atoms with Gasteiger partial charge in [-0.2, -0.15) is 23.5 Å². The Kier molecular flexibility index (Phi) is 5.92. The monoisotopic (exact) mass is 401 g/mol. The summed E-state index contributed by atoms with van der Waals surface area (Å²) in [7, 11) is -3.46. The van der Waals surface area contributed by atoms with Crippen molar-refractivity contribution < 1.29 is 8.42 Å². The van der Waals surface area contributed by atoms with Crippen LogP contribution in [0.25, 0.3) is 0 Å². The van der Waals surface area contributed by atoms with Gasteiger partial charge in [-0.3, -0.25) is 0 Å². The van der Waals surface area contributed by atoms with E-state index in [9.17, 15) is 8.42 Å². The fourth-order valence-corrected chi connectivity index (χ4v) is 6.06. The lowest BCUT2D eigenvalue weighted by Gasteiger charge is -2.21. The highest BCUT2D eigenvalue weighted by atomic mass is 79.9. The Morgan fingerprint density at radius 1 is 1.42 bits per heavy atom. The van der Waals surface area contributed by atoms with E-state index in [0.29, 0.717) is 21.3 Å². The molecule has 0 saturated carbocycles. The zero-order valence-corrected chi connectivity index (χ0v) is 14.7. The molecule has 1 saturated heterocycles. The van der Waals surface area contributed by atoms with Gasteiger partial charge in [-0.15, -0.1) is 0 Å². The average Bonchev–Trinajstić information content (AvgIpc) is 2.41. The molecule has 0 amide bonds. The largest absolute Gasteiger partial charge is 0.240 e. The summed E-state index contributed by atoms with van der Waals surface area (Å²) in [5.41, 5.74) is 0. The molecule has 1 aliphatic rings. The van der Waals surface area contributed by atoms with E-state index in [-0.39, 0.29) is 4.90 Å². The smallest absolute Gasteiger partial charge is 0.210 e. The van der Waals surface area contributed by atoms with Crippen molar-refractivity contribution in [1.82, 2.24) is 4.72 Å². The minimum Gasteiger partial charge on any atom is -0.210 e. The van der Waals surface area contributed by atoms with Crippen LogP contribution in [0.5, 0.6) is 0 Å². The molecule has 1 aliphatic heterocycles. The maximum absolute atomic E-state index is 12.1. The highest BCUT2D eigenvalue weighted by Crippen LogP contribution is 2.26. The van der Waals surface area contributed by atoms with Crippen molar-refractivity contribution in [2.75, 3.05) is 23.8 Å². The van der Waals surface area contributed by atoms with Crippen LogP contribution in [-0.4, -0.2) is 37.5 Å². The first-order chi connectivity index (χ1) is 8.99. The van der Waals surface area contributed by atoms with Crippen LogP contribution in [-0.2, 0) is 10.0 Å². The van der Waals surface area contributed by atoms with Crippen molar-refractivity contribution in [2.24, 2.45) is 0 Å². The zero-order chi connectivity index (χ0) is 13.9. The van der Waals surface area contributed by atoms with Gasteiger partial charge in [-0.25, -0.2) is 13.1 Å². The van der Waals surface area contributed by atoms with Crippen molar-refractivity contribution in [3.05, 3.63) is 27.7 Å². The number of nitrogens with one attached hydrogen (secondary N) is 1. The van der Waals surface area contributed by atoms with Crippen molar-refractivity contribution in [3.63, 3.8) is 0 Å². The molecule has 1 atom stereocenters. The Labute approximate surface area is 135 Å². The van der Waals surface area contributed by atoms with E-state index in [2.05, 4.69) is 20.7 Å². The number of hydrogen-bond acceptors (Lipinski definition) is 4. The molecular weight excluding hydrogens is 390 g/mol. The summed E-state index contributed by atoms with van der Waals surface area (Å²) in [6.45, 7) is 0.472. The third-order valence-corrected chi connectivity index (χ3v) is 8.07. The van der Waals surface area contributed by atoms with Gasteiger partial charge in [0.15, 0.2) is 0 Å². The van der Waals surface area contributed by atoms with E-state index in [1.807, 2.05) is 23.5 Å². The lowest BCUT2D eigenvalue weighted by molar-refractivity contribution is 0.581. The molecule has 0 aliphatic carbocycles. The highest BCUT2D eigenvalue weighted by Gasteiger charge is 2.19. The summed E-state index contributed by atoms with van der Waals surface area (Å²) in [6, 6.07) is 4.61. The molecule has 8 heteroatoms. The SMILES string of the molecule is O=S(=O)(NCC1CSCCS1)c1ccc(Cl)c(Br)c1. The fraction of sp³-hybridized carbons (Fsp3) is 0.455. The Morgan fingerprint density at radius 3 is 2.84 bits per heavy atom. The molecule has 0 radical (unpaired) electrons. The number of rotatable bonds is 4. The lowest BCUT2D eigenvalue weighted by atomic mass is 10.4. The average molecular weight is 403 g/mol. The first kappa shape index (κ1) is 16.0. The van der Waals surface area contributed by atoms with Gasteiger partial charge in [0.1, 0.15) is 0 Å². The van der Waals surface area contributed by atoms with Crippen LogP contribution in [0, 0.1) is 0 Å². The summed E-state index contributed by atoms with van der Waals surface area (Å²) in [5, 5.41) is 0.849. The van der Waals surface area contributed by atoms with Crippen LogP contribution < -0.4 is 4.72 Å². The van der Waals surface area contributed by atoms with Crippen LogP contribution in [0.15, 0.2) is 27.6 Å². The van der Waals surface area contributed by atoms with E-state index >= 15 is 0 Å². The molecular formula is C11H13BrClNO2S3. The van der Waals surface area contributed by atoms with E-state index in [4.69, 9.17) is 11.6 Å². The molecule has 0 spiro atoms. The number of benzene rings is 1. The Hall–Kier alpha value is 0.600. The quantitative estimate of drug-likeness (QED) is 0.840. The number of halogens is 2. The van der Waals surface area contributed by atoms with Crippen LogP contribution in [0.3, 0.4) is 0 Å². The van der Waals surface area contributed by atoms with Gasteiger partial charge < -0.3 is 0 Å². The number of hydrogen-bond donors (Lipinski definition) is 1. The van der Waals surface area contributed by atoms with Crippen molar-refractivity contribution >= 4 is 61.1 Å². The first-order valence-corrected chi connectivity index (χ1v) is 10.5. The van der Waals surface area contributed by atoms with E-state index in [0.717, 1.165) is 17.3 Å². The van der Waals surface area contributed by atoms with Gasteiger partial charge in [0.25, 0.3) is 0 Å². The molecule has 0 bridgehead atoms. The molecule has 1 unspecified atom stereocenters. The molecule has 2 rings (SSSR count). The standard InChI is InChI=1S/C11H13BrClNO2S3/c12-10-5-9(1-2-11(10)13)19(15,16)14-6-8-7-17-3-4-18-8/h1-2,5,8,14H,3-4,6-7H2. The number of sulfonamides is 1. The van der Waals surface area contributed by atoms with E-state index < -0.39 is 10.0 Å². The van der Waals surface area contributed by atoms with Gasteiger partial charge >= 0.3 is 0 Å². The van der Waals surface area contributed by atoms with Crippen LogP contribution in [0.4, 0.5) is 0 Å². The fourth-order valence-electron chi connectivity index (χ4n) is 1.58. The second kappa shape index (κ2) is 7.04.